The second kappa shape index (κ2) is 5.58. The predicted octanol–water partition coefficient (Wildman–Crippen LogP) is 2.89. The summed E-state index contributed by atoms with van der Waals surface area (Å²) < 4.78 is 5.45. The van der Waals surface area contributed by atoms with Gasteiger partial charge in [0.05, 0.1) is 6.61 Å². The number of benzene rings is 2. The van der Waals surface area contributed by atoms with Crippen molar-refractivity contribution in [1.29, 1.82) is 0 Å². The zero-order valence-electron chi connectivity index (χ0n) is 11.9. The number of carbonyl (C=O) groups excluding carboxylic acids is 1. The van der Waals surface area contributed by atoms with Crippen LogP contribution in [-0.4, -0.2) is 12.5 Å². The minimum atomic E-state index is -0.119. The van der Waals surface area contributed by atoms with Gasteiger partial charge >= 0.3 is 0 Å². The molecule has 0 spiro atoms. The summed E-state index contributed by atoms with van der Waals surface area (Å²) in [7, 11) is 0. The van der Waals surface area contributed by atoms with Crippen LogP contribution in [0.3, 0.4) is 0 Å². The third kappa shape index (κ3) is 2.90. The first kappa shape index (κ1) is 13.6. The van der Waals surface area contributed by atoms with Crippen LogP contribution in [-0.2, 0) is 6.42 Å². The van der Waals surface area contributed by atoms with Gasteiger partial charge in [-0.2, -0.15) is 0 Å². The third-order valence-corrected chi connectivity index (χ3v) is 3.62. The molecule has 2 aromatic rings. The van der Waals surface area contributed by atoms with Crippen molar-refractivity contribution >= 4 is 11.6 Å². The van der Waals surface area contributed by atoms with Gasteiger partial charge in [0.2, 0.25) is 0 Å². The summed E-state index contributed by atoms with van der Waals surface area (Å²) in [5, 5.41) is 2.91. The van der Waals surface area contributed by atoms with E-state index in [0.717, 1.165) is 29.0 Å². The van der Waals surface area contributed by atoms with Gasteiger partial charge in [0, 0.05) is 23.7 Å². The molecule has 1 unspecified atom stereocenters. The Morgan fingerprint density at radius 2 is 2.14 bits per heavy atom. The average Bonchev–Trinajstić information content (AvgIpc) is 2.94. The summed E-state index contributed by atoms with van der Waals surface area (Å²) in [6.07, 6.45) is 0.858. The number of ether oxygens (including phenoxy) is 1. The Morgan fingerprint density at radius 3 is 2.95 bits per heavy atom. The Bertz CT molecular complexity index is 680. The van der Waals surface area contributed by atoms with Crippen LogP contribution in [0.4, 0.5) is 5.69 Å². The van der Waals surface area contributed by atoms with Crippen LogP contribution in [0.5, 0.6) is 5.75 Å². The molecule has 0 radical (unpaired) electrons. The minimum absolute atomic E-state index is 0.0565. The average molecular weight is 282 g/mol. The SMILES string of the molecule is CC(N)c1cccc(NC(=O)c2ccc3c(c2)CCO3)c1. The van der Waals surface area contributed by atoms with Gasteiger partial charge in [0.15, 0.2) is 0 Å². The van der Waals surface area contributed by atoms with Crippen molar-refractivity contribution in [2.45, 2.75) is 19.4 Å². The van der Waals surface area contributed by atoms with E-state index in [1.807, 2.05) is 43.3 Å². The fraction of sp³-hybridized carbons (Fsp3) is 0.235. The van der Waals surface area contributed by atoms with Gasteiger partial charge in [0.25, 0.3) is 5.91 Å². The number of nitrogens with two attached hydrogens (primary N) is 1. The van der Waals surface area contributed by atoms with Gasteiger partial charge in [-0.3, -0.25) is 4.79 Å². The molecule has 0 saturated heterocycles. The summed E-state index contributed by atoms with van der Waals surface area (Å²) in [4.78, 5) is 12.3. The highest BCUT2D eigenvalue weighted by molar-refractivity contribution is 6.04. The van der Waals surface area contributed by atoms with Crippen molar-refractivity contribution in [3.8, 4) is 5.75 Å². The first-order chi connectivity index (χ1) is 10.1. The Labute approximate surface area is 123 Å². The number of amides is 1. The van der Waals surface area contributed by atoms with E-state index in [4.69, 9.17) is 10.5 Å². The summed E-state index contributed by atoms with van der Waals surface area (Å²) in [6, 6.07) is 13.1. The van der Waals surface area contributed by atoms with E-state index in [1.165, 1.54) is 0 Å². The van der Waals surface area contributed by atoms with Gasteiger partial charge in [-0.15, -0.1) is 0 Å². The highest BCUT2D eigenvalue weighted by atomic mass is 16.5. The number of fused-ring (bicyclic) bond motifs is 1. The summed E-state index contributed by atoms with van der Waals surface area (Å²) >= 11 is 0. The van der Waals surface area contributed by atoms with E-state index < -0.39 is 0 Å². The lowest BCUT2D eigenvalue weighted by Gasteiger charge is -2.10. The van der Waals surface area contributed by atoms with Crippen LogP contribution in [0.2, 0.25) is 0 Å². The van der Waals surface area contributed by atoms with Gasteiger partial charge in [-0.05, 0) is 48.4 Å². The normalized spacial score (nSPS) is 14.2. The van der Waals surface area contributed by atoms with Crippen LogP contribution in [0.25, 0.3) is 0 Å². The molecule has 0 aliphatic carbocycles. The second-order valence-electron chi connectivity index (χ2n) is 5.29. The largest absolute Gasteiger partial charge is 0.493 e. The molecule has 1 atom stereocenters. The van der Waals surface area contributed by atoms with Crippen LogP contribution >= 0.6 is 0 Å². The Morgan fingerprint density at radius 1 is 1.29 bits per heavy atom. The number of nitrogens with one attached hydrogen (secondary N) is 1. The van der Waals surface area contributed by atoms with Gasteiger partial charge in [-0.25, -0.2) is 0 Å². The maximum Gasteiger partial charge on any atom is 0.255 e. The Kier molecular flexibility index (Phi) is 3.62. The van der Waals surface area contributed by atoms with E-state index in [-0.39, 0.29) is 11.9 Å². The number of rotatable bonds is 3. The smallest absolute Gasteiger partial charge is 0.255 e. The molecule has 1 heterocycles. The van der Waals surface area contributed by atoms with Crippen LogP contribution in [0.1, 0.15) is 34.5 Å². The van der Waals surface area contributed by atoms with Crippen molar-refractivity contribution < 1.29 is 9.53 Å². The van der Waals surface area contributed by atoms with Crippen molar-refractivity contribution in [3.63, 3.8) is 0 Å². The fourth-order valence-electron chi connectivity index (χ4n) is 2.43. The third-order valence-electron chi connectivity index (χ3n) is 3.62. The summed E-state index contributed by atoms with van der Waals surface area (Å²) in [5.41, 5.74) is 9.34. The quantitative estimate of drug-likeness (QED) is 0.909. The van der Waals surface area contributed by atoms with Crippen molar-refractivity contribution in [1.82, 2.24) is 0 Å². The number of carbonyl (C=O) groups is 1. The van der Waals surface area contributed by atoms with Crippen molar-refractivity contribution in [2.24, 2.45) is 5.73 Å². The predicted molar refractivity (Wildman–Crippen MR) is 82.6 cm³/mol. The minimum Gasteiger partial charge on any atom is -0.493 e. The number of hydrogen-bond acceptors (Lipinski definition) is 3. The molecule has 4 nitrogen and oxygen atoms in total. The topological polar surface area (TPSA) is 64.3 Å². The van der Waals surface area contributed by atoms with Gasteiger partial charge < -0.3 is 15.8 Å². The maximum atomic E-state index is 12.3. The molecule has 21 heavy (non-hydrogen) atoms. The molecule has 0 fully saturated rings. The van der Waals surface area contributed by atoms with E-state index in [1.54, 1.807) is 6.07 Å². The fourth-order valence-corrected chi connectivity index (χ4v) is 2.43. The molecular weight excluding hydrogens is 264 g/mol. The molecule has 1 amide bonds. The Hall–Kier alpha value is -2.33. The maximum absolute atomic E-state index is 12.3. The van der Waals surface area contributed by atoms with E-state index in [9.17, 15) is 4.79 Å². The van der Waals surface area contributed by atoms with Gasteiger partial charge in [0.1, 0.15) is 5.75 Å². The lowest BCUT2D eigenvalue weighted by atomic mass is 10.1. The first-order valence-corrected chi connectivity index (χ1v) is 7.06. The standard InChI is InChI=1S/C17H18N2O2/c1-11(18)12-3-2-4-15(10-12)19-17(20)14-5-6-16-13(9-14)7-8-21-16/h2-6,9-11H,7-8,18H2,1H3,(H,19,20). The highest BCUT2D eigenvalue weighted by Gasteiger charge is 2.15. The number of hydrogen-bond donors (Lipinski definition) is 2. The van der Waals surface area contributed by atoms with Crippen LogP contribution in [0, 0.1) is 0 Å². The van der Waals surface area contributed by atoms with Crippen molar-refractivity contribution in [3.05, 3.63) is 59.2 Å². The molecule has 0 bridgehead atoms. The molecule has 2 aromatic carbocycles. The van der Waals surface area contributed by atoms with E-state index >= 15 is 0 Å². The molecule has 0 aromatic heterocycles. The second-order valence-corrected chi connectivity index (χ2v) is 5.29. The van der Waals surface area contributed by atoms with E-state index in [2.05, 4.69) is 5.32 Å². The van der Waals surface area contributed by atoms with Crippen LogP contribution < -0.4 is 15.8 Å². The molecule has 3 N–H and O–H groups in total. The zero-order valence-corrected chi connectivity index (χ0v) is 11.9. The molecule has 1 aliphatic heterocycles. The lowest BCUT2D eigenvalue weighted by molar-refractivity contribution is 0.102. The zero-order chi connectivity index (χ0) is 14.8. The number of anilines is 1. The molecular formula is C17H18N2O2. The van der Waals surface area contributed by atoms with Crippen LogP contribution in [0.15, 0.2) is 42.5 Å². The van der Waals surface area contributed by atoms with Gasteiger partial charge in [-0.1, -0.05) is 12.1 Å². The first-order valence-electron chi connectivity index (χ1n) is 7.06. The molecule has 3 rings (SSSR count). The summed E-state index contributed by atoms with van der Waals surface area (Å²) in [6.45, 7) is 2.61. The molecule has 0 saturated carbocycles. The summed E-state index contributed by atoms with van der Waals surface area (Å²) in [5.74, 6) is 0.761. The monoisotopic (exact) mass is 282 g/mol. The Balaban J connectivity index is 1.78. The molecule has 1 aliphatic rings. The van der Waals surface area contributed by atoms with Crippen molar-refractivity contribution in [2.75, 3.05) is 11.9 Å². The highest BCUT2D eigenvalue weighted by Crippen LogP contribution is 2.26. The lowest BCUT2D eigenvalue weighted by Crippen LogP contribution is -2.13. The molecule has 108 valence electrons. The molecule has 4 heteroatoms. The van der Waals surface area contributed by atoms with E-state index in [0.29, 0.717) is 12.2 Å².